The van der Waals surface area contributed by atoms with Gasteiger partial charge < -0.3 is 10.2 Å². The van der Waals surface area contributed by atoms with Crippen LogP contribution in [0.4, 0.5) is 4.79 Å². The second kappa shape index (κ2) is 6.24. The highest BCUT2D eigenvalue weighted by molar-refractivity contribution is 6.07. The molecule has 6 heteroatoms. The summed E-state index contributed by atoms with van der Waals surface area (Å²) in [6.45, 7) is 3.01. The number of urea groups is 1. The number of hydrogen-bond acceptors (Lipinski definition) is 3. The van der Waals surface area contributed by atoms with Crippen molar-refractivity contribution in [2.24, 2.45) is 0 Å². The highest BCUT2D eigenvalue weighted by atomic mass is 16.2. The van der Waals surface area contributed by atoms with Gasteiger partial charge in [0.2, 0.25) is 5.91 Å². The summed E-state index contributed by atoms with van der Waals surface area (Å²) in [6.07, 6.45) is 6.61. The zero-order valence-electron chi connectivity index (χ0n) is 12.0. The van der Waals surface area contributed by atoms with Gasteiger partial charge in [0.25, 0.3) is 5.91 Å². The highest BCUT2D eigenvalue weighted by Gasteiger charge is 2.51. The quantitative estimate of drug-likeness (QED) is 0.566. The third-order valence-electron chi connectivity index (χ3n) is 4.13. The number of carbonyl (C=O) groups excluding carboxylic acids is 3. The Morgan fingerprint density at radius 2 is 2.00 bits per heavy atom. The van der Waals surface area contributed by atoms with Crippen molar-refractivity contribution in [3.05, 3.63) is 0 Å². The predicted molar refractivity (Wildman–Crippen MR) is 74.0 cm³/mol. The van der Waals surface area contributed by atoms with E-state index in [1.54, 1.807) is 4.90 Å². The number of hydrogen-bond donors (Lipinski definition) is 2. The molecule has 6 nitrogen and oxygen atoms in total. The van der Waals surface area contributed by atoms with Gasteiger partial charge in [-0.3, -0.25) is 14.9 Å². The van der Waals surface area contributed by atoms with E-state index >= 15 is 0 Å². The van der Waals surface area contributed by atoms with Gasteiger partial charge in [-0.05, 0) is 12.8 Å². The lowest BCUT2D eigenvalue weighted by Crippen LogP contribution is -2.49. The van der Waals surface area contributed by atoms with E-state index < -0.39 is 11.6 Å². The van der Waals surface area contributed by atoms with Crippen molar-refractivity contribution < 1.29 is 14.4 Å². The Labute approximate surface area is 119 Å². The van der Waals surface area contributed by atoms with Crippen molar-refractivity contribution in [3.63, 3.8) is 0 Å². The third-order valence-corrected chi connectivity index (χ3v) is 4.13. The van der Waals surface area contributed by atoms with Gasteiger partial charge in [-0.2, -0.15) is 0 Å². The third kappa shape index (κ3) is 3.11. The van der Waals surface area contributed by atoms with E-state index in [-0.39, 0.29) is 11.8 Å². The molecule has 2 saturated heterocycles. The van der Waals surface area contributed by atoms with Crippen LogP contribution in [-0.2, 0) is 9.59 Å². The fraction of sp³-hybridized carbons (Fsp3) is 0.786. The van der Waals surface area contributed by atoms with Crippen LogP contribution in [0.3, 0.4) is 0 Å². The van der Waals surface area contributed by atoms with E-state index in [2.05, 4.69) is 17.6 Å². The van der Waals surface area contributed by atoms with Crippen LogP contribution < -0.4 is 10.6 Å². The Balaban J connectivity index is 1.76. The lowest BCUT2D eigenvalue weighted by molar-refractivity contribution is -0.130. The number of carbonyl (C=O) groups is 3. The first-order valence-electron chi connectivity index (χ1n) is 7.49. The molecular formula is C14H23N3O3. The molecule has 2 aliphatic heterocycles. The van der Waals surface area contributed by atoms with Gasteiger partial charge in [0.05, 0.1) is 6.54 Å². The van der Waals surface area contributed by atoms with Crippen LogP contribution in [0.15, 0.2) is 0 Å². The monoisotopic (exact) mass is 281 g/mol. The molecule has 0 aromatic heterocycles. The van der Waals surface area contributed by atoms with Gasteiger partial charge in [-0.15, -0.1) is 0 Å². The molecule has 0 saturated carbocycles. The molecule has 1 unspecified atom stereocenters. The first-order chi connectivity index (χ1) is 9.57. The van der Waals surface area contributed by atoms with Crippen LogP contribution in [0.2, 0.25) is 0 Å². The Morgan fingerprint density at radius 3 is 2.65 bits per heavy atom. The Hall–Kier alpha value is -1.59. The van der Waals surface area contributed by atoms with Crippen molar-refractivity contribution in [1.29, 1.82) is 0 Å². The fourth-order valence-corrected chi connectivity index (χ4v) is 2.88. The van der Waals surface area contributed by atoms with Crippen LogP contribution in [0, 0.1) is 0 Å². The van der Waals surface area contributed by atoms with Crippen LogP contribution in [-0.4, -0.2) is 41.4 Å². The van der Waals surface area contributed by atoms with E-state index in [1.807, 2.05) is 0 Å². The Morgan fingerprint density at radius 1 is 1.25 bits per heavy atom. The van der Waals surface area contributed by atoms with Gasteiger partial charge in [-0.25, -0.2) is 4.79 Å². The number of amides is 4. The number of imide groups is 1. The van der Waals surface area contributed by atoms with Crippen LogP contribution in [0.25, 0.3) is 0 Å². The molecule has 2 heterocycles. The van der Waals surface area contributed by atoms with Crippen molar-refractivity contribution in [3.8, 4) is 0 Å². The first-order valence-corrected chi connectivity index (χ1v) is 7.49. The van der Waals surface area contributed by atoms with Gasteiger partial charge >= 0.3 is 6.03 Å². The maximum Gasteiger partial charge on any atom is 0.322 e. The minimum atomic E-state index is -0.880. The van der Waals surface area contributed by atoms with E-state index in [4.69, 9.17) is 0 Å². The average molecular weight is 281 g/mol. The van der Waals surface area contributed by atoms with Gasteiger partial charge in [0.15, 0.2) is 0 Å². The molecule has 112 valence electrons. The maximum atomic E-state index is 12.1. The molecule has 2 rings (SSSR count). The van der Waals surface area contributed by atoms with Crippen molar-refractivity contribution >= 4 is 17.8 Å². The molecule has 2 N–H and O–H groups in total. The van der Waals surface area contributed by atoms with E-state index in [0.717, 1.165) is 12.8 Å². The minimum Gasteiger partial charge on any atom is -0.340 e. The summed E-state index contributed by atoms with van der Waals surface area (Å²) in [4.78, 5) is 36.8. The zero-order chi connectivity index (χ0) is 14.6. The molecule has 0 bridgehead atoms. The first kappa shape index (κ1) is 14.8. The lowest BCUT2D eigenvalue weighted by Gasteiger charge is -2.21. The Bertz CT molecular complexity index is 410. The van der Waals surface area contributed by atoms with Crippen LogP contribution in [0.1, 0.15) is 51.9 Å². The standard InChI is InChI=1S/C14H23N3O3/c1-2-3-4-5-6-7-11(18)17-9-8-14(10-17)12(19)15-13(20)16-14/h2-10H2,1H3,(H2,15,16,19,20). The summed E-state index contributed by atoms with van der Waals surface area (Å²) in [7, 11) is 0. The fourth-order valence-electron chi connectivity index (χ4n) is 2.88. The van der Waals surface area contributed by atoms with Crippen LogP contribution in [0.5, 0.6) is 0 Å². The molecule has 0 aromatic rings. The van der Waals surface area contributed by atoms with Crippen LogP contribution >= 0.6 is 0 Å². The molecule has 0 aliphatic carbocycles. The lowest BCUT2D eigenvalue weighted by atomic mass is 9.99. The number of likely N-dealkylation sites (tertiary alicyclic amines) is 1. The SMILES string of the molecule is CCCCCCCC(=O)N1CCC2(C1)NC(=O)NC2=O. The zero-order valence-corrected chi connectivity index (χ0v) is 12.0. The molecular weight excluding hydrogens is 258 g/mol. The number of unbranched alkanes of at least 4 members (excludes halogenated alkanes) is 4. The van der Waals surface area contributed by atoms with Gasteiger partial charge in [-0.1, -0.05) is 32.6 Å². The highest BCUT2D eigenvalue weighted by Crippen LogP contribution is 2.25. The summed E-state index contributed by atoms with van der Waals surface area (Å²) in [5.41, 5.74) is -0.880. The number of nitrogens with zero attached hydrogens (tertiary/aromatic N) is 1. The molecule has 0 aromatic carbocycles. The Kier molecular flexibility index (Phi) is 4.62. The second-order valence-electron chi connectivity index (χ2n) is 5.72. The molecule has 1 atom stereocenters. The van der Waals surface area contributed by atoms with Crippen molar-refractivity contribution in [2.75, 3.05) is 13.1 Å². The normalized spacial score (nSPS) is 25.1. The molecule has 2 aliphatic rings. The predicted octanol–water partition coefficient (Wildman–Crippen LogP) is 1.16. The topological polar surface area (TPSA) is 78.5 Å². The smallest absolute Gasteiger partial charge is 0.322 e. The van der Waals surface area contributed by atoms with E-state index in [1.165, 1.54) is 19.3 Å². The van der Waals surface area contributed by atoms with Gasteiger partial charge in [0.1, 0.15) is 5.54 Å². The summed E-state index contributed by atoms with van der Waals surface area (Å²) in [6, 6.07) is -0.455. The molecule has 1 spiro atoms. The maximum absolute atomic E-state index is 12.1. The van der Waals surface area contributed by atoms with Gasteiger partial charge in [0, 0.05) is 13.0 Å². The summed E-state index contributed by atoms with van der Waals surface area (Å²) >= 11 is 0. The molecule has 2 fully saturated rings. The summed E-state index contributed by atoms with van der Waals surface area (Å²) in [5.74, 6) is -0.215. The second-order valence-corrected chi connectivity index (χ2v) is 5.72. The van der Waals surface area contributed by atoms with Crippen molar-refractivity contribution in [2.45, 2.75) is 57.4 Å². The summed E-state index contributed by atoms with van der Waals surface area (Å²) in [5, 5.41) is 4.90. The van der Waals surface area contributed by atoms with E-state index in [0.29, 0.717) is 25.9 Å². The number of rotatable bonds is 6. The largest absolute Gasteiger partial charge is 0.340 e. The average Bonchev–Trinajstić information content (AvgIpc) is 2.94. The summed E-state index contributed by atoms with van der Waals surface area (Å²) < 4.78 is 0. The molecule has 4 amide bonds. The number of nitrogens with one attached hydrogen (secondary N) is 2. The minimum absolute atomic E-state index is 0.0901. The molecule has 0 radical (unpaired) electrons. The molecule has 20 heavy (non-hydrogen) atoms. The van der Waals surface area contributed by atoms with E-state index in [9.17, 15) is 14.4 Å². The van der Waals surface area contributed by atoms with Crippen molar-refractivity contribution in [1.82, 2.24) is 15.5 Å².